The van der Waals surface area contributed by atoms with Gasteiger partial charge in [-0.25, -0.2) is 16.8 Å². The quantitative estimate of drug-likeness (QED) is 0.844. The SMILES string of the molecule is CC(C)c1ccc(S(=O)(=O)Nc2cccc(N3CCCS3(=O)=O)c2)cc1. The minimum atomic E-state index is -3.74. The number of hydrogen-bond acceptors (Lipinski definition) is 4. The third kappa shape index (κ3) is 3.86. The molecule has 2 aromatic carbocycles. The lowest BCUT2D eigenvalue weighted by Gasteiger charge is -2.18. The van der Waals surface area contributed by atoms with E-state index >= 15 is 0 Å². The molecule has 26 heavy (non-hydrogen) atoms. The molecule has 1 aliphatic heterocycles. The monoisotopic (exact) mass is 394 g/mol. The summed E-state index contributed by atoms with van der Waals surface area (Å²) in [7, 11) is -7.05. The Labute approximate surface area is 155 Å². The van der Waals surface area contributed by atoms with Crippen molar-refractivity contribution in [1.82, 2.24) is 0 Å². The predicted octanol–water partition coefficient (Wildman–Crippen LogP) is 3.15. The summed E-state index contributed by atoms with van der Waals surface area (Å²) in [5.74, 6) is 0.435. The van der Waals surface area contributed by atoms with Gasteiger partial charge in [-0.3, -0.25) is 9.03 Å². The number of hydrogen-bond donors (Lipinski definition) is 1. The summed E-state index contributed by atoms with van der Waals surface area (Å²) in [6, 6.07) is 13.2. The fourth-order valence-corrected chi connectivity index (χ4v) is 5.51. The summed E-state index contributed by atoms with van der Waals surface area (Å²) >= 11 is 0. The van der Waals surface area contributed by atoms with Gasteiger partial charge in [0.1, 0.15) is 0 Å². The van der Waals surface area contributed by atoms with E-state index in [0.717, 1.165) is 5.56 Å². The number of nitrogens with one attached hydrogen (secondary N) is 1. The van der Waals surface area contributed by atoms with E-state index in [4.69, 9.17) is 0 Å². The maximum absolute atomic E-state index is 12.6. The second kappa shape index (κ2) is 6.92. The molecule has 0 aromatic heterocycles. The van der Waals surface area contributed by atoms with Gasteiger partial charge in [-0.1, -0.05) is 32.0 Å². The van der Waals surface area contributed by atoms with E-state index in [2.05, 4.69) is 4.72 Å². The molecule has 0 spiro atoms. The smallest absolute Gasteiger partial charge is 0.261 e. The van der Waals surface area contributed by atoms with E-state index in [-0.39, 0.29) is 10.6 Å². The summed E-state index contributed by atoms with van der Waals surface area (Å²) in [6.45, 7) is 4.49. The summed E-state index contributed by atoms with van der Waals surface area (Å²) < 4.78 is 53.2. The molecule has 1 aliphatic rings. The average Bonchev–Trinajstić information content (AvgIpc) is 2.94. The zero-order chi connectivity index (χ0) is 18.9. The van der Waals surface area contributed by atoms with Crippen LogP contribution in [0.15, 0.2) is 53.4 Å². The van der Waals surface area contributed by atoms with Gasteiger partial charge in [-0.15, -0.1) is 0 Å². The number of anilines is 2. The highest BCUT2D eigenvalue weighted by atomic mass is 32.2. The van der Waals surface area contributed by atoms with Crippen molar-refractivity contribution in [2.45, 2.75) is 31.1 Å². The average molecular weight is 395 g/mol. The van der Waals surface area contributed by atoms with E-state index in [1.54, 1.807) is 48.5 Å². The van der Waals surface area contributed by atoms with Gasteiger partial charge in [-0.05, 0) is 48.2 Å². The Hall–Kier alpha value is -2.06. The van der Waals surface area contributed by atoms with E-state index in [9.17, 15) is 16.8 Å². The van der Waals surface area contributed by atoms with Gasteiger partial charge in [-0.2, -0.15) is 0 Å². The molecule has 1 fully saturated rings. The number of sulfonamides is 2. The molecule has 2 aromatic rings. The lowest BCUT2D eigenvalue weighted by molar-refractivity contribution is 0.598. The standard InChI is InChI=1S/C18H22N2O4S2/c1-14(2)15-7-9-18(10-8-15)26(23,24)19-16-5-3-6-17(13-16)20-11-4-12-25(20,21)22/h3,5-10,13-14,19H,4,11-12H2,1-2H3. The number of rotatable bonds is 5. The second-order valence-corrected chi connectivity index (χ2v) is 10.3. The largest absolute Gasteiger partial charge is 0.280 e. The Balaban J connectivity index is 1.85. The zero-order valence-electron chi connectivity index (χ0n) is 14.7. The molecule has 0 radical (unpaired) electrons. The van der Waals surface area contributed by atoms with Crippen LogP contribution in [0.1, 0.15) is 31.7 Å². The van der Waals surface area contributed by atoms with Gasteiger partial charge in [0.25, 0.3) is 10.0 Å². The third-order valence-corrected chi connectivity index (χ3v) is 7.61. The van der Waals surface area contributed by atoms with Crippen molar-refractivity contribution in [3.8, 4) is 0 Å². The van der Waals surface area contributed by atoms with Gasteiger partial charge in [0.2, 0.25) is 10.0 Å². The minimum Gasteiger partial charge on any atom is -0.280 e. The Morgan fingerprint density at radius 2 is 1.77 bits per heavy atom. The molecular formula is C18H22N2O4S2. The van der Waals surface area contributed by atoms with Crippen molar-refractivity contribution < 1.29 is 16.8 Å². The van der Waals surface area contributed by atoms with Crippen LogP contribution in [0.2, 0.25) is 0 Å². The Morgan fingerprint density at radius 1 is 1.08 bits per heavy atom. The molecule has 0 aliphatic carbocycles. The van der Waals surface area contributed by atoms with Gasteiger partial charge < -0.3 is 0 Å². The van der Waals surface area contributed by atoms with Crippen LogP contribution >= 0.6 is 0 Å². The number of nitrogens with zero attached hydrogens (tertiary/aromatic N) is 1. The van der Waals surface area contributed by atoms with Gasteiger partial charge in [0.05, 0.1) is 22.0 Å². The zero-order valence-corrected chi connectivity index (χ0v) is 16.3. The molecule has 0 unspecified atom stereocenters. The number of benzene rings is 2. The van der Waals surface area contributed by atoms with Crippen LogP contribution in [0.5, 0.6) is 0 Å². The topological polar surface area (TPSA) is 83.6 Å². The minimum absolute atomic E-state index is 0.116. The first-order valence-corrected chi connectivity index (χ1v) is 11.5. The molecule has 0 atom stereocenters. The van der Waals surface area contributed by atoms with Crippen molar-refractivity contribution in [2.75, 3.05) is 21.3 Å². The van der Waals surface area contributed by atoms with Gasteiger partial charge in [0, 0.05) is 6.54 Å². The highest BCUT2D eigenvalue weighted by molar-refractivity contribution is 7.93. The molecule has 1 heterocycles. The predicted molar refractivity (Wildman–Crippen MR) is 104 cm³/mol. The third-order valence-electron chi connectivity index (χ3n) is 4.34. The summed E-state index contributed by atoms with van der Waals surface area (Å²) in [4.78, 5) is 0.168. The summed E-state index contributed by atoms with van der Waals surface area (Å²) in [6.07, 6.45) is 0.570. The maximum atomic E-state index is 12.6. The second-order valence-electron chi connectivity index (χ2n) is 6.62. The summed E-state index contributed by atoms with van der Waals surface area (Å²) in [5.41, 5.74) is 1.86. The van der Waals surface area contributed by atoms with E-state index in [0.29, 0.717) is 30.3 Å². The fourth-order valence-electron chi connectivity index (χ4n) is 2.90. The van der Waals surface area contributed by atoms with Gasteiger partial charge in [0.15, 0.2) is 0 Å². The van der Waals surface area contributed by atoms with Crippen molar-refractivity contribution >= 4 is 31.4 Å². The Bertz CT molecular complexity index is 998. The highest BCUT2D eigenvalue weighted by Crippen LogP contribution is 2.27. The van der Waals surface area contributed by atoms with Crippen molar-refractivity contribution in [1.29, 1.82) is 0 Å². The normalized spacial score (nSPS) is 16.8. The molecule has 0 saturated carbocycles. The van der Waals surface area contributed by atoms with Crippen LogP contribution in [0.3, 0.4) is 0 Å². The van der Waals surface area contributed by atoms with Crippen LogP contribution in [0, 0.1) is 0 Å². The fraction of sp³-hybridized carbons (Fsp3) is 0.333. The van der Waals surface area contributed by atoms with Crippen molar-refractivity contribution in [2.24, 2.45) is 0 Å². The molecule has 1 N–H and O–H groups in total. The molecule has 0 amide bonds. The molecule has 3 rings (SSSR count). The molecule has 1 saturated heterocycles. The molecule has 6 nitrogen and oxygen atoms in total. The van der Waals surface area contributed by atoms with Crippen LogP contribution in [-0.2, 0) is 20.0 Å². The van der Waals surface area contributed by atoms with Crippen LogP contribution in [0.4, 0.5) is 11.4 Å². The van der Waals surface area contributed by atoms with Gasteiger partial charge >= 0.3 is 0 Å². The van der Waals surface area contributed by atoms with E-state index in [1.807, 2.05) is 13.8 Å². The highest BCUT2D eigenvalue weighted by Gasteiger charge is 2.28. The van der Waals surface area contributed by atoms with Crippen LogP contribution in [0.25, 0.3) is 0 Å². The molecule has 140 valence electrons. The van der Waals surface area contributed by atoms with E-state index < -0.39 is 20.0 Å². The lowest BCUT2D eigenvalue weighted by atomic mass is 10.0. The molecular weight excluding hydrogens is 372 g/mol. The lowest BCUT2D eigenvalue weighted by Crippen LogP contribution is -2.25. The Kier molecular flexibility index (Phi) is 4.98. The Morgan fingerprint density at radius 3 is 2.35 bits per heavy atom. The van der Waals surface area contributed by atoms with Crippen molar-refractivity contribution in [3.05, 3.63) is 54.1 Å². The first kappa shape index (κ1) is 18.7. The van der Waals surface area contributed by atoms with Crippen molar-refractivity contribution in [3.63, 3.8) is 0 Å². The molecule has 8 heteroatoms. The van der Waals surface area contributed by atoms with E-state index in [1.165, 1.54) is 4.31 Å². The maximum Gasteiger partial charge on any atom is 0.261 e. The molecule has 0 bridgehead atoms. The van der Waals surface area contributed by atoms with Crippen LogP contribution in [-0.4, -0.2) is 29.1 Å². The summed E-state index contributed by atoms with van der Waals surface area (Å²) in [5, 5.41) is 0. The first-order valence-electron chi connectivity index (χ1n) is 8.42. The first-order chi connectivity index (χ1) is 12.2. The van der Waals surface area contributed by atoms with Crippen LogP contribution < -0.4 is 9.03 Å².